The number of allylic oxidation sites excluding steroid dienone is 2. The molecule has 0 unspecified atom stereocenters. The topological polar surface area (TPSA) is 0 Å². The van der Waals surface area contributed by atoms with Gasteiger partial charge in [0.05, 0.1) is 0 Å². The van der Waals surface area contributed by atoms with Gasteiger partial charge in [-0.15, -0.1) is 11.5 Å². The molecule has 39 heavy (non-hydrogen) atoms. The van der Waals surface area contributed by atoms with Gasteiger partial charge in [0.15, 0.2) is 0 Å². The molecular weight excluding hydrogens is 485 g/mol. The molecule has 1 atom stereocenters. The Morgan fingerprint density at radius 1 is 0.641 bits per heavy atom. The lowest BCUT2D eigenvalue weighted by atomic mass is 9.88. The van der Waals surface area contributed by atoms with Crippen molar-refractivity contribution in [3.8, 4) is 33.7 Å². The third kappa shape index (κ3) is 8.09. The molecule has 0 spiro atoms. The Morgan fingerprint density at radius 2 is 1.15 bits per heavy atom. The highest BCUT2D eigenvalue weighted by Gasteiger charge is 2.41. The molecule has 3 aromatic carbocycles. The minimum atomic E-state index is -1.82. The van der Waals surface area contributed by atoms with E-state index in [1.165, 1.54) is 40.7 Å². The second kappa shape index (κ2) is 15.1. The highest BCUT2D eigenvalue weighted by molar-refractivity contribution is 6.90. The molecule has 0 aromatic heterocycles. The van der Waals surface area contributed by atoms with Crippen LogP contribution in [0.2, 0.25) is 16.6 Å². The molecule has 206 valence electrons. The van der Waals surface area contributed by atoms with Gasteiger partial charge in [0.2, 0.25) is 0 Å². The molecule has 0 bridgehead atoms. The van der Waals surface area contributed by atoms with Crippen LogP contribution >= 0.6 is 0 Å². The number of unbranched alkanes of at least 4 members (excludes halogenated alkanes) is 2. The van der Waals surface area contributed by atoms with Crippen LogP contribution in [0, 0.1) is 11.5 Å². The molecule has 0 radical (unpaired) electrons. The van der Waals surface area contributed by atoms with E-state index in [9.17, 15) is 0 Å². The van der Waals surface area contributed by atoms with Crippen LogP contribution in [0.5, 0.6) is 0 Å². The van der Waals surface area contributed by atoms with Crippen molar-refractivity contribution in [2.75, 3.05) is 0 Å². The zero-order valence-corrected chi connectivity index (χ0v) is 26.5. The van der Waals surface area contributed by atoms with Crippen LogP contribution < -0.4 is 0 Å². The molecule has 1 heteroatoms. The van der Waals surface area contributed by atoms with E-state index in [2.05, 4.69) is 151 Å². The molecule has 0 heterocycles. The zero-order valence-electron chi connectivity index (χ0n) is 25.5. The first-order chi connectivity index (χ1) is 18.8. The average molecular weight is 535 g/mol. The summed E-state index contributed by atoms with van der Waals surface area (Å²) in [5, 5.41) is 0. The maximum absolute atomic E-state index is 4.08. The van der Waals surface area contributed by atoms with Crippen molar-refractivity contribution in [2.24, 2.45) is 0 Å². The van der Waals surface area contributed by atoms with Gasteiger partial charge in [-0.05, 0) is 88.3 Å². The summed E-state index contributed by atoms with van der Waals surface area (Å²) in [6, 6.07) is 28.8. The third-order valence-electron chi connectivity index (χ3n) is 8.42. The number of hydrogen-bond acceptors (Lipinski definition) is 0. The van der Waals surface area contributed by atoms with Gasteiger partial charge < -0.3 is 0 Å². The van der Waals surface area contributed by atoms with E-state index >= 15 is 0 Å². The normalized spacial score (nSPS) is 12.8. The second-order valence-corrected chi connectivity index (χ2v) is 17.5. The smallest absolute Gasteiger partial charge is 0.130 e. The fourth-order valence-corrected chi connectivity index (χ4v) is 11.6. The molecule has 0 N–H and O–H groups in total. The van der Waals surface area contributed by atoms with Gasteiger partial charge in [-0.2, -0.15) is 0 Å². The van der Waals surface area contributed by atoms with E-state index in [4.69, 9.17) is 0 Å². The number of rotatable bonds is 12. The van der Waals surface area contributed by atoms with Crippen molar-refractivity contribution < 1.29 is 0 Å². The van der Waals surface area contributed by atoms with Gasteiger partial charge in [-0.1, -0.05) is 128 Å². The van der Waals surface area contributed by atoms with Gasteiger partial charge in [0, 0.05) is 5.92 Å². The van der Waals surface area contributed by atoms with Gasteiger partial charge in [0.1, 0.15) is 8.07 Å². The van der Waals surface area contributed by atoms with Crippen LogP contribution in [0.4, 0.5) is 0 Å². The number of benzene rings is 3. The van der Waals surface area contributed by atoms with Crippen molar-refractivity contribution in [1.82, 2.24) is 0 Å². The highest BCUT2D eigenvalue weighted by Crippen LogP contribution is 2.41. The minimum Gasteiger partial charge on any atom is -0.130 e. The first kappa shape index (κ1) is 30.7. The van der Waals surface area contributed by atoms with Gasteiger partial charge >= 0.3 is 0 Å². The van der Waals surface area contributed by atoms with Gasteiger partial charge in [0.25, 0.3) is 0 Å². The molecule has 3 rings (SSSR count). The summed E-state index contributed by atoms with van der Waals surface area (Å²) >= 11 is 0. The molecule has 0 aliphatic carbocycles. The standard InChI is InChI=1S/C38H50Si/c1-8-9-10-11-12-15-24-35(25-26-39(30(2)3,31(4)5)32(6)7)38-28-36(33-20-16-13-17-21-33)27-37(29-38)34-22-18-14-19-23-34/h9-10,13-14,16-23,27-32,35H,8,11-12,15,24H2,1-7H3/b10-9+/t35-/m1/s1. The molecule has 0 aliphatic heterocycles. The van der Waals surface area contributed by atoms with Crippen LogP contribution in [0.15, 0.2) is 91.0 Å². The van der Waals surface area contributed by atoms with Crippen molar-refractivity contribution >= 4 is 8.07 Å². The first-order valence-corrected chi connectivity index (χ1v) is 17.5. The van der Waals surface area contributed by atoms with E-state index in [0.717, 1.165) is 19.3 Å². The van der Waals surface area contributed by atoms with Crippen molar-refractivity contribution in [1.29, 1.82) is 0 Å². The maximum atomic E-state index is 4.08. The van der Waals surface area contributed by atoms with Crippen LogP contribution in [0.25, 0.3) is 22.3 Å². The maximum Gasteiger partial charge on any atom is 0.145 e. The van der Waals surface area contributed by atoms with E-state index < -0.39 is 8.07 Å². The zero-order chi connectivity index (χ0) is 28.3. The van der Waals surface area contributed by atoms with Gasteiger partial charge in [-0.25, -0.2) is 0 Å². The number of hydrogen-bond donors (Lipinski definition) is 0. The van der Waals surface area contributed by atoms with Crippen molar-refractivity contribution in [3.05, 3.63) is 96.6 Å². The summed E-state index contributed by atoms with van der Waals surface area (Å²) in [5.74, 6) is 4.22. The van der Waals surface area contributed by atoms with E-state index in [0.29, 0.717) is 16.6 Å². The fraction of sp³-hybridized carbons (Fsp3) is 0.421. The summed E-state index contributed by atoms with van der Waals surface area (Å²) in [5.41, 5.74) is 12.5. The van der Waals surface area contributed by atoms with E-state index in [-0.39, 0.29) is 5.92 Å². The van der Waals surface area contributed by atoms with Crippen LogP contribution in [-0.4, -0.2) is 8.07 Å². The quantitative estimate of drug-likeness (QED) is 0.0938. The fourth-order valence-electron chi connectivity index (χ4n) is 6.31. The Kier molecular flexibility index (Phi) is 11.9. The molecule has 0 amide bonds. The lowest BCUT2D eigenvalue weighted by molar-refractivity contribution is 0.652. The van der Waals surface area contributed by atoms with Crippen LogP contribution in [0.1, 0.15) is 92.1 Å². The summed E-state index contributed by atoms with van der Waals surface area (Å²) in [7, 11) is -1.82. The Labute approximate surface area is 241 Å². The second-order valence-electron chi connectivity index (χ2n) is 12.0. The molecule has 0 saturated carbocycles. The summed E-state index contributed by atoms with van der Waals surface area (Å²) in [4.78, 5) is 0. The molecule has 0 nitrogen and oxygen atoms in total. The van der Waals surface area contributed by atoms with Crippen molar-refractivity contribution in [3.63, 3.8) is 0 Å². The lowest BCUT2D eigenvalue weighted by Gasteiger charge is -2.38. The summed E-state index contributed by atoms with van der Waals surface area (Å²) in [6.45, 7) is 16.7. The summed E-state index contributed by atoms with van der Waals surface area (Å²) < 4.78 is 0. The Bertz CT molecular complexity index is 1140. The monoisotopic (exact) mass is 534 g/mol. The molecule has 0 fully saturated rings. The van der Waals surface area contributed by atoms with Crippen LogP contribution in [0.3, 0.4) is 0 Å². The largest absolute Gasteiger partial charge is 0.145 e. The van der Waals surface area contributed by atoms with Gasteiger partial charge in [-0.3, -0.25) is 0 Å². The minimum absolute atomic E-state index is 0.245. The third-order valence-corrected chi connectivity index (χ3v) is 14.7. The molecule has 3 aromatic rings. The van der Waals surface area contributed by atoms with E-state index in [1.54, 1.807) is 0 Å². The molecule has 0 saturated heterocycles. The Hall–Kier alpha value is -2.82. The SMILES string of the molecule is CC/C=C/CCCC[C@H](C#C[Si](C(C)C)(C(C)C)C(C)C)c1cc(-c2ccccc2)cc(-c2ccccc2)c1. The van der Waals surface area contributed by atoms with E-state index in [1.807, 2.05) is 0 Å². The lowest BCUT2D eigenvalue weighted by Crippen LogP contribution is -2.43. The van der Waals surface area contributed by atoms with Crippen molar-refractivity contribution in [2.45, 2.75) is 103 Å². The summed E-state index contributed by atoms with van der Waals surface area (Å²) in [6.07, 6.45) is 10.4. The predicted octanol–water partition coefficient (Wildman–Crippen LogP) is 11.9. The average Bonchev–Trinajstić information content (AvgIpc) is 2.94. The molecular formula is C38H50Si. The Morgan fingerprint density at radius 3 is 1.62 bits per heavy atom. The van der Waals surface area contributed by atoms with Crippen LogP contribution in [-0.2, 0) is 0 Å². The molecule has 0 aliphatic rings. The highest BCUT2D eigenvalue weighted by atomic mass is 28.3. The Balaban J connectivity index is 2.12. The first-order valence-electron chi connectivity index (χ1n) is 15.2. The predicted molar refractivity (Wildman–Crippen MR) is 177 cm³/mol.